The van der Waals surface area contributed by atoms with Gasteiger partial charge in [-0.25, -0.2) is 0 Å². The molecule has 7 rings (SSSR count). The van der Waals surface area contributed by atoms with Crippen LogP contribution in [0.15, 0.2) is 42.6 Å². The first-order valence-electron chi connectivity index (χ1n) is 17.5. The molecule has 4 fully saturated rings. The number of ether oxygens (including phenoxy) is 2. The number of rotatable bonds is 10. The number of benzene rings is 2. The molecule has 3 saturated heterocycles. The molecule has 0 radical (unpaired) electrons. The first-order chi connectivity index (χ1) is 23.3. The summed E-state index contributed by atoms with van der Waals surface area (Å²) in [7, 11) is 0. The number of nitrogens with zero attached hydrogens (tertiary/aromatic N) is 2. The van der Waals surface area contributed by atoms with Crippen LogP contribution in [-0.2, 0) is 25.6 Å². The second kappa shape index (κ2) is 14.5. The lowest BCUT2D eigenvalue weighted by Gasteiger charge is -2.51. The number of aromatic nitrogens is 1. The summed E-state index contributed by atoms with van der Waals surface area (Å²) in [6.07, 6.45) is 9.64. The summed E-state index contributed by atoms with van der Waals surface area (Å²) in [5, 5.41) is 8.00. The largest absolute Gasteiger partial charge is 0.389 e. The Kier molecular flexibility index (Phi) is 10.1. The van der Waals surface area contributed by atoms with Gasteiger partial charge in [-0.1, -0.05) is 54.2 Å². The van der Waals surface area contributed by atoms with E-state index in [1.807, 2.05) is 24.3 Å². The zero-order chi connectivity index (χ0) is 33.3. The monoisotopic (exact) mass is 691 g/mol. The summed E-state index contributed by atoms with van der Waals surface area (Å²) < 4.78 is 13.5. The van der Waals surface area contributed by atoms with Crippen molar-refractivity contribution in [3.05, 3.63) is 58.7 Å². The highest BCUT2D eigenvalue weighted by Gasteiger charge is 2.48. The molecule has 48 heavy (non-hydrogen) atoms. The maximum atomic E-state index is 13.3. The number of likely N-dealkylation sites (tertiary alicyclic amines) is 1. The fourth-order valence-electron chi connectivity index (χ4n) is 8.20. The third-order valence-electron chi connectivity index (χ3n) is 11.1. The van der Waals surface area contributed by atoms with Crippen LogP contribution in [0.25, 0.3) is 22.0 Å². The van der Waals surface area contributed by atoms with Crippen molar-refractivity contribution in [2.75, 3.05) is 46.0 Å². The lowest BCUT2D eigenvalue weighted by atomic mass is 9.57. The average molecular weight is 692 g/mol. The Bertz CT molecular complexity index is 1670. The molecule has 1 spiro atoms. The van der Waals surface area contributed by atoms with E-state index in [-0.39, 0.29) is 35.3 Å². The average Bonchev–Trinajstić information content (AvgIpc) is 3.77. The molecule has 2 amide bonds. The van der Waals surface area contributed by atoms with Crippen LogP contribution in [0, 0.1) is 11.3 Å². The Morgan fingerprint density at radius 1 is 1.02 bits per heavy atom. The van der Waals surface area contributed by atoms with E-state index in [0.29, 0.717) is 29.7 Å². The van der Waals surface area contributed by atoms with Crippen molar-refractivity contribution < 1.29 is 19.1 Å². The van der Waals surface area contributed by atoms with Gasteiger partial charge in [0.1, 0.15) is 11.1 Å². The van der Waals surface area contributed by atoms with Crippen LogP contribution in [-0.4, -0.2) is 78.4 Å². The van der Waals surface area contributed by atoms with Gasteiger partial charge < -0.3 is 35.3 Å². The highest BCUT2D eigenvalue weighted by molar-refractivity contribution is 7.80. The lowest BCUT2D eigenvalue weighted by molar-refractivity contribution is -0.135. The van der Waals surface area contributed by atoms with Crippen molar-refractivity contribution in [2.24, 2.45) is 17.1 Å². The molecule has 1 unspecified atom stereocenters. The van der Waals surface area contributed by atoms with Crippen LogP contribution in [0.3, 0.4) is 0 Å². The summed E-state index contributed by atoms with van der Waals surface area (Å²) >= 11 is 12.5. The number of amides is 2. The Hall–Kier alpha value is -3.02. The predicted octanol–water partition coefficient (Wildman–Crippen LogP) is 5.35. The van der Waals surface area contributed by atoms with Crippen molar-refractivity contribution in [3.8, 4) is 11.1 Å². The Labute approximate surface area is 292 Å². The fraction of sp³-hybridized carbons (Fsp3) is 0.541. The van der Waals surface area contributed by atoms with Crippen LogP contribution in [0.1, 0.15) is 68.5 Å². The summed E-state index contributed by atoms with van der Waals surface area (Å²) in [6.45, 7) is 6.06. The molecule has 1 aromatic heterocycles. The SMILES string of the molecule is NC(=S)c1cccc(-c2cn(C3CCOCC3)c3c(Cl)c(CNC(=O)C4CC5(CCN(CCNC(=O)C6CCCO6)CC5)C4)ccc23)c1. The second-order valence-corrected chi connectivity index (χ2v) is 14.9. The Morgan fingerprint density at radius 3 is 2.54 bits per heavy atom. The topological polar surface area (TPSA) is 111 Å². The van der Waals surface area contributed by atoms with Gasteiger partial charge in [-0.15, -0.1) is 0 Å². The Balaban J connectivity index is 0.963. The number of nitrogens with two attached hydrogens (primary N) is 1. The minimum absolute atomic E-state index is 0.0206. The van der Waals surface area contributed by atoms with Gasteiger partial charge in [0.05, 0.1) is 10.5 Å². The number of carbonyl (C=O) groups is 2. The van der Waals surface area contributed by atoms with Gasteiger partial charge in [0.2, 0.25) is 11.8 Å². The summed E-state index contributed by atoms with van der Waals surface area (Å²) in [5.74, 6) is 0.182. The van der Waals surface area contributed by atoms with Crippen LogP contribution in [0.4, 0.5) is 0 Å². The maximum absolute atomic E-state index is 13.3. The Morgan fingerprint density at radius 2 is 1.81 bits per heavy atom. The van der Waals surface area contributed by atoms with Crippen molar-refractivity contribution in [1.29, 1.82) is 0 Å². The third kappa shape index (κ3) is 7.01. The molecule has 3 aliphatic heterocycles. The molecule has 0 bridgehead atoms. The lowest BCUT2D eigenvalue weighted by Crippen LogP contribution is -2.51. The van der Waals surface area contributed by atoms with Gasteiger partial charge in [-0.2, -0.15) is 0 Å². The number of fused-ring (bicyclic) bond motifs is 1. The minimum atomic E-state index is -0.270. The van der Waals surface area contributed by atoms with Gasteiger partial charge in [0.25, 0.3) is 0 Å². The van der Waals surface area contributed by atoms with E-state index in [9.17, 15) is 9.59 Å². The molecule has 9 nitrogen and oxygen atoms in total. The van der Waals surface area contributed by atoms with Gasteiger partial charge in [0.15, 0.2) is 0 Å². The molecule has 3 aromatic rings. The molecule has 1 atom stereocenters. The summed E-state index contributed by atoms with van der Waals surface area (Å²) in [5.41, 5.74) is 11.1. The van der Waals surface area contributed by atoms with Crippen LogP contribution < -0.4 is 16.4 Å². The van der Waals surface area contributed by atoms with Crippen molar-refractivity contribution >= 4 is 51.5 Å². The maximum Gasteiger partial charge on any atom is 0.249 e. The summed E-state index contributed by atoms with van der Waals surface area (Å²) in [4.78, 5) is 28.3. The highest BCUT2D eigenvalue weighted by Crippen LogP contribution is 2.52. The molecule has 256 valence electrons. The molecule has 4 heterocycles. The molecule has 4 aliphatic rings. The predicted molar refractivity (Wildman–Crippen MR) is 192 cm³/mol. The standard InChI is InChI=1S/C37H46ClN5O4S/c38-32-26(6-7-29-30(24-3-1-4-25(19-24)34(39)48)23-43(33(29)32)28-8-17-46-18-9-28)22-41-35(44)27-20-37(21-27)10-13-42(14-11-37)15-12-40-36(45)31-5-2-16-47-31/h1,3-4,6-7,19,23,27-28,31H,2,5,8-18,20-22H2,(H2,39,48)(H,40,45)(H,41,44). The zero-order valence-corrected chi connectivity index (χ0v) is 29.1. The van der Waals surface area contributed by atoms with Crippen molar-refractivity contribution in [1.82, 2.24) is 20.1 Å². The van der Waals surface area contributed by atoms with E-state index < -0.39 is 0 Å². The molecule has 11 heteroatoms. The third-order valence-corrected chi connectivity index (χ3v) is 11.8. The number of carbonyl (C=O) groups excluding carboxylic acids is 2. The van der Waals surface area contributed by atoms with E-state index in [2.05, 4.69) is 38.4 Å². The van der Waals surface area contributed by atoms with E-state index in [1.165, 1.54) is 0 Å². The fourth-order valence-corrected chi connectivity index (χ4v) is 8.66. The van der Waals surface area contributed by atoms with E-state index in [0.717, 1.165) is 117 Å². The normalized spacial score (nSPS) is 21.7. The minimum Gasteiger partial charge on any atom is -0.389 e. The van der Waals surface area contributed by atoms with Crippen molar-refractivity contribution in [3.63, 3.8) is 0 Å². The van der Waals surface area contributed by atoms with Gasteiger partial charge in [-0.3, -0.25) is 9.59 Å². The first-order valence-corrected chi connectivity index (χ1v) is 18.3. The molecular formula is C37H46ClN5O4S. The first kappa shape index (κ1) is 33.5. The van der Waals surface area contributed by atoms with Gasteiger partial charge >= 0.3 is 0 Å². The molecular weight excluding hydrogens is 646 g/mol. The number of nitrogens with one attached hydrogen (secondary N) is 2. The summed E-state index contributed by atoms with van der Waals surface area (Å²) in [6, 6.07) is 12.5. The molecule has 1 aliphatic carbocycles. The number of hydrogen-bond acceptors (Lipinski definition) is 6. The molecule has 4 N–H and O–H groups in total. The smallest absolute Gasteiger partial charge is 0.249 e. The van der Waals surface area contributed by atoms with Gasteiger partial charge in [0, 0.05) is 74.1 Å². The quantitative estimate of drug-likeness (QED) is 0.246. The van der Waals surface area contributed by atoms with Crippen LogP contribution >= 0.6 is 23.8 Å². The van der Waals surface area contributed by atoms with Crippen LogP contribution in [0.5, 0.6) is 0 Å². The highest BCUT2D eigenvalue weighted by atomic mass is 35.5. The molecule has 1 saturated carbocycles. The second-order valence-electron chi connectivity index (χ2n) is 14.1. The molecule has 2 aromatic carbocycles. The van der Waals surface area contributed by atoms with E-state index in [4.69, 9.17) is 39.0 Å². The number of piperidine rings is 1. The van der Waals surface area contributed by atoms with E-state index in [1.54, 1.807) is 0 Å². The van der Waals surface area contributed by atoms with Crippen LogP contribution in [0.2, 0.25) is 5.02 Å². The van der Waals surface area contributed by atoms with Gasteiger partial charge in [-0.05, 0) is 87.1 Å². The van der Waals surface area contributed by atoms with Crippen molar-refractivity contribution in [2.45, 2.75) is 70.1 Å². The number of thiocarbonyl (C=S) groups is 1. The number of halogens is 1. The zero-order valence-electron chi connectivity index (χ0n) is 27.5. The number of hydrogen-bond donors (Lipinski definition) is 3. The van der Waals surface area contributed by atoms with E-state index >= 15 is 0 Å².